The first-order valence-electron chi connectivity index (χ1n) is 11.2. The number of benzene rings is 3. The standard InChI is InChI=1S/C26H26N2O6S/c29-24(27-31)19-26(21-11-13-23(14-12-21)34-22-9-5-2-6-10-22)15-16-28(17-18-35(26,32)33)25(30)20-7-3-1-4-8-20/h1-14,31H,15-19H2,(H,27,29). The van der Waals surface area contributed by atoms with Gasteiger partial charge in [0.05, 0.1) is 12.2 Å². The molecule has 0 saturated carbocycles. The maximum atomic E-state index is 13.6. The van der Waals surface area contributed by atoms with E-state index < -0.39 is 26.9 Å². The van der Waals surface area contributed by atoms with Crippen LogP contribution in [-0.4, -0.2) is 49.2 Å². The smallest absolute Gasteiger partial charge is 0.253 e. The molecule has 1 fully saturated rings. The Bertz CT molecular complexity index is 1280. The van der Waals surface area contributed by atoms with Crippen molar-refractivity contribution in [3.63, 3.8) is 0 Å². The first kappa shape index (κ1) is 24.4. The highest BCUT2D eigenvalue weighted by Gasteiger charge is 2.48. The van der Waals surface area contributed by atoms with Gasteiger partial charge in [-0.15, -0.1) is 0 Å². The Kier molecular flexibility index (Phi) is 7.18. The summed E-state index contributed by atoms with van der Waals surface area (Å²) in [5, 5.41) is 9.19. The lowest BCUT2D eigenvalue weighted by Gasteiger charge is -2.32. The quantitative estimate of drug-likeness (QED) is 0.400. The van der Waals surface area contributed by atoms with Crippen LogP contribution >= 0.6 is 0 Å². The molecule has 1 saturated heterocycles. The van der Waals surface area contributed by atoms with Crippen molar-refractivity contribution in [2.24, 2.45) is 0 Å². The van der Waals surface area contributed by atoms with Crippen LogP contribution in [0.25, 0.3) is 0 Å². The fraction of sp³-hybridized carbons (Fsp3) is 0.231. The van der Waals surface area contributed by atoms with Crippen molar-refractivity contribution in [3.05, 3.63) is 96.1 Å². The second-order valence-corrected chi connectivity index (χ2v) is 10.8. The number of hydrogen-bond donors (Lipinski definition) is 2. The van der Waals surface area contributed by atoms with E-state index in [9.17, 15) is 23.2 Å². The van der Waals surface area contributed by atoms with Crippen molar-refractivity contribution < 1.29 is 28.0 Å². The summed E-state index contributed by atoms with van der Waals surface area (Å²) in [5.74, 6) is -0.261. The molecule has 9 heteroatoms. The molecule has 8 nitrogen and oxygen atoms in total. The number of rotatable bonds is 6. The molecule has 1 unspecified atom stereocenters. The Morgan fingerprint density at radius 1 is 0.886 bits per heavy atom. The van der Waals surface area contributed by atoms with Gasteiger partial charge in [0.25, 0.3) is 5.91 Å². The summed E-state index contributed by atoms with van der Waals surface area (Å²) < 4.78 is 31.4. The van der Waals surface area contributed by atoms with E-state index in [0.717, 1.165) is 0 Å². The maximum absolute atomic E-state index is 13.6. The van der Waals surface area contributed by atoms with Crippen LogP contribution in [0.4, 0.5) is 0 Å². The van der Waals surface area contributed by atoms with Crippen molar-refractivity contribution in [1.82, 2.24) is 10.4 Å². The zero-order valence-electron chi connectivity index (χ0n) is 19.0. The SMILES string of the molecule is O=C(CC1(c2ccc(Oc3ccccc3)cc2)CCN(C(=O)c2ccccc2)CCS1(=O)=O)NO. The minimum absolute atomic E-state index is 0.000214. The zero-order chi connectivity index (χ0) is 24.9. The molecule has 3 aromatic carbocycles. The van der Waals surface area contributed by atoms with Gasteiger partial charge in [-0.3, -0.25) is 14.8 Å². The third-order valence-corrected chi connectivity index (χ3v) is 8.74. The number of carbonyl (C=O) groups excluding carboxylic acids is 2. The Morgan fingerprint density at radius 2 is 1.49 bits per heavy atom. The fourth-order valence-corrected chi connectivity index (χ4v) is 6.45. The monoisotopic (exact) mass is 494 g/mol. The number of nitrogens with one attached hydrogen (secondary N) is 1. The predicted octanol–water partition coefficient (Wildman–Crippen LogP) is 3.53. The van der Waals surface area contributed by atoms with E-state index in [1.54, 1.807) is 72.2 Å². The van der Waals surface area contributed by atoms with Crippen molar-refractivity contribution in [2.45, 2.75) is 17.6 Å². The summed E-state index contributed by atoms with van der Waals surface area (Å²) in [7, 11) is -3.91. The molecular formula is C26H26N2O6S. The molecule has 3 aromatic rings. The first-order chi connectivity index (χ1) is 16.8. The summed E-state index contributed by atoms with van der Waals surface area (Å²) in [4.78, 5) is 26.8. The second-order valence-electron chi connectivity index (χ2n) is 8.37. The number of carbonyl (C=O) groups is 2. The van der Waals surface area contributed by atoms with E-state index in [-0.39, 0.29) is 31.2 Å². The predicted molar refractivity (Wildman–Crippen MR) is 130 cm³/mol. The van der Waals surface area contributed by atoms with E-state index in [2.05, 4.69) is 0 Å². The van der Waals surface area contributed by atoms with Crippen LogP contribution < -0.4 is 10.2 Å². The molecule has 0 bridgehead atoms. The molecule has 1 aliphatic rings. The van der Waals surface area contributed by atoms with Crippen LogP contribution in [0.2, 0.25) is 0 Å². The topological polar surface area (TPSA) is 113 Å². The molecule has 1 aliphatic heterocycles. The highest BCUT2D eigenvalue weighted by atomic mass is 32.2. The van der Waals surface area contributed by atoms with Crippen LogP contribution in [0.3, 0.4) is 0 Å². The van der Waals surface area contributed by atoms with Crippen molar-refractivity contribution >= 4 is 21.7 Å². The highest BCUT2D eigenvalue weighted by Crippen LogP contribution is 2.41. The van der Waals surface area contributed by atoms with Gasteiger partial charge in [-0.1, -0.05) is 48.5 Å². The second kappa shape index (κ2) is 10.3. The van der Waals surface area contributed by atoms with Gasteiger partial charge in [0.2, 0.25) is 5.91 Å². The molecule has 1 heterocycles. The number of hydrogen-bond acceptors (Lipinski definition) is 6. The number of ether oxygens (including phenoxy) is 1. The Labute approximate surface area is 204 Å². The zero-order valence-corrected chi connectivity index (χ0v) is 19.8. The van der Waals surface area contributed by atoms with E-state index >= 15 is 0 Å². The Hall–Kier alpha value is -3.69. The summed E-state index contributed by atoms with van der Waals surface area (Å²) in [5.41, 5.74) is 2.42. The maximum Gasteiger partial charge on any atom is 0.253 e. The van der Waals surface area contributed by atoms with Gasteiger partial charge in [0.1, 0.15) is 16.2 Å². The van der Waals surface area contributed by atoms with Crippen molar-refractivity contribution in [1.29, 1.82) is 0 Å². The van der Waals surface area contributed by atoms with Gasteiger partial charge in [-0.2, -0.15) is 0 Å². The number of sulfone groups is 1. The van der Waals surface area contributed by atoms with Crippen LogP contribution in [0.5, 0.6) is 11.5 Å². The lowest BCUT2D eigenvalue weighted by Crippen LogP contribution is -2.42. The third kappa shape index (κ3) is 5.21. The molecular weight excluding hydrogens is 468 g/mol. The van der Waals surface area contributed by atoms with Crippen LogP contribution in [0.1, 0.15) is 28.8 Å². The van der Waals surface area contributed by atoms with E-state index in [1.165, 1.54) is 4.90 Å². The number of amides is 2. The van der Waals surface area contributed by atoms with Crippen LogP contribution in [0.15, 0.2) is 84.9 Å². The van der Waals surface area contributed by atoms with Gasteiger partial charge in [-0.25, -0.2) is 13.9 Å². The summed E-state index contributed by atoms with van der Waals surface area (Å²) in [6.45, 7) is 0.141. The van der Waals surface area contributed by atoms with E-state index in [0.29, 0.717) is 22.6 Å². The van der Waals surface area contributed by atoms with Gasteiger partial charge in [-0.05, 0) is 48.4 Å². The fourth-order valence-electron chi connectivity index (χ4n) is 4.35. The number of nitrogens with zero attached hydrogens (tertiary/aromatic N) is 1. The average Bonchev–Trinajstić information content (AvgIpc) is 3.01. The molecule has 2 amide bonds. The van der Waals surface area contributed by atoms with E-state index in [1.807, 2.05) is 18.2 Å². The normalized spacial score (nSPS) is 19.4. The molecule has 0 radical (unpaired) electrons. The van der Waals surface area contributed by atoms with Gasteiger partial charge >= 0.3 is 0 Å². The molecule has 4 rings (SSSR count). The van der Waals surface area contributed by atoms with Gasteiger partial charge in [0.15, 0.2) is 9.84 Å². The molecule has 182 valence electrons. The largest absolute Gasteiger partial charge is 0.457 e. The molecule has 35 heavy (non-hydrogen) atoms. The minimum Gasteiger partial charge on any atom is -0.457 e. The summed E-state index contributed by atoms with van der Waals surface area (Å²) in [6.07, 6.45) is -0.474. The lowest BCUT2D eigenvalue weighted by atomic mass is 9.90. The lowest BCUT2D eigenvalue weighted by molar-refractivity contribution is -0.130. The summed E-state index contributed by atoms with van der Waals surface area (Å²) in [6, 6.07) is 24.3. The van der Waals surface area contributed by atoms with Gasteiger partial charge in [0, 0.05) is 18.7 Å². The van der Waals surface area contributed by atoms with Crippen LogP contribution in [0, 0.1) is 0 Å². The average molecular weight is 495 g/mol. The Balaban J connectivity index is 1.66. The highest BCUT2D eigenvalue weighted by molar-refractivity contribution is 7.92. The van der Waals surface area contributed by atoms with Crippen molar-refractivity contribution in [3.8, 4) is 11.5 Å². The van der Waals surface area contributed by atoms with Gasteiger partial charge < -0.3 is 9.64 Å². The van der Waals surface area contributed by atoms with Crippen molar-refractivity contribution in [2.75, 3.05) is 18.8 Å². The third-order valence-electron chi connectivity index (χ3n) is 6.25. The molecule has 0 aliphatic carbocycles. The molecule has 0 aromatic heterocycles. The van der Waals surface area contributed by atoms with E-state index in [4.69, 9.17) is 4.74 Å². The molecule has 0 spiro atoms. The number of para-hydroxylation sites is 1. The summed E-state index contributed by atoms with van der Waals surface area (Å²) >= 11 is 0. The van der Waals surface area contributed by atoms with Crippen LogP contribution in [-0.2, 0) is 19.4 Å². The minimum atomic E-state index is -3.91. The number of hydroxylamine groups is 1. The molecule has 1 atom stereocenters. The first-order valence-corrected chi connectivity index (χ1v) is 12.8. The molecule has 2 N–H and O–H groups in total. The Morgan fingerprint density at radius 3 is 2.11 bits per heavy atom.